The summed E-state index contributed by atoms with van der Waals surface area (Å²) in [6, 6.07) is 16.2. The van der Waals surface area contributed by atoms with Crippen LogP contribution in [0.2, 0.25) is 0 Å². The molecule has 0 aliphatic carbocycles. The number of aliphatic hydroxyl groups is 1. The Morgan fingerprint density at radius 2 is 1.71 bits per heavy atom. The van der Waals surface area contributed by atoms with Gasteiger partial charge in [0.2, 0.25) is 0 Å². The standard InChI is InChI=1S/C15H17NO/c1-11-4-2-3-5-14(11)12-6-8-13(9-7-12)15(17)10-16/h2-9,15,17H,10,16H2,1H3. The molecule has 0 saturated heterocycles. The molecule has 0 spiro atoms. The van der Waals surface area contributed by atoms with Crippen LogP contribution in [0.1, 0.15) is 17.2 Å². The van der Waals surface area contributed by atoms with Crippen LogP contribution in [0.25, 0.3) is 11.1 Å². The number of hydrogen-bond donors (Lipinski definition) is 2. The van der Waals surface area contributed by atoms with Gasteiger partial charge < -0.3 is 10.8 Å². The van der Waals surface area contributed by atoms with E-state index in [2.05, 4.69) is 19.1 Å². The molecular weight excluding hydrogens is 210 g/mol. The minimum atomic E-state index is -0.569. The summed E-state index contributed by atoms with van der Waals surface area (Å²) in [5, 5.41) is 9.62. The van der Waals surface area contributed by atoms with Gasteiger partial charge in [0, 0.05) is 6.54 Å². The topological polar surface area (TPSA) is 46.2 Å². The third-order valence-corrected chi connectivity index (χ3v) is 2.97. The summed E-state index contributed by atoms with van der Waals surface area (Å²) < 4.78 is 0. The lowest BCUT2D eigenvalue weighted by Crippen LogP contribution is -2.11. The summed E-state index contributed by atoms with van der Waals surface area (Å²) in [6.45, 7) is 2.35. The van der Waals surface area contributed by atoms with E-state index in [0.717, 1.165) is 11.1 Å². The second-order valence-electron chi connectivity index (χ2n) is 4.19. The molecule has 0 radical (unpaired) electrons. The van der Waals surface area contributed by atoms with Crippen LogP contribution in [0.4, 0.5) is 0 Å². The van der Waals surface area contributed by atoms with Crippen LogP contribution in [0.15, 0.2) is 48.5 Å². The predicted octanol–water partition coefficient (Wildman–Crippen LogP) is 2.65. The van der Waals surface area contributed by atoms with Gasteiger partial charge in [0.1, 0.15) is 0 Å². The molecule has 1 atom stereocenters. The molecule has 0 saturated carbocycles. The maximum absolute atomic E-state index is 9.62. The first-order valence-corrected chi connectivity index (χ1v) is 5.76. The van der Waals surface area contributed by atoms with Gasteiger partial charge in [-0.3, -0.25) is 0 Å². The highest BCUT2D eigenvalue weighted by molar-refractivity contribution is 5.67. The van der Waals surface area contributed by atoms with Crippen molar-refractivity contribution in [3.63, 3.8) is 0 Å². The molecule has 2 rings (SSSR count). The van der Waals surface area contributed by atoms with Gasteiger partial charge in [-0.2, -0.15) is 0 Å². The van der Waals surface area contributed by atoms with Crippen molar-refractivity contribution in [2.75, 3.05) is 6.54 Å². The number of aryl methyl sites for hydroxylation is 1. The second kappa shape index (κ2) is 5.13. The van der Waals surface area contributed by atoms with Gasteiger partial charge in [-0.15, -0.1) is 0 Å². The first-order valence-electron chi connectivity index (χ1n) is 5.76. The molecule has 88 valence electrons. The van der Waals surface area contributed by atoms with Crippen molar-refractivity contribution >= 4 is 0 Å². The van der Waals surface area contributed by atoms with Gasteiger partial charge in [-0.25, -0.2) is 0 Å². The van der Waals surface area contributed by atoms with Crippen LogP contribution >= 0.6 is 0 Å². The average Bonchev–Trinajstić information content (AvgIpc) is 2.39. The molecule has 0 fully saturated rings. The monoisotopic (exact) mass is 227 g/mol. The Kier molecular flexibility index (Phi) is 3.57. The first-order chi connectivity index (χ1) is 8.22. The fourth-order valence-corrected chi connectivity index (χ4v) is 1.92. The van der Waals surface area contributed by atoms with Crippen molar-refractivity contribution in [3.8, 4) is 11.1 Å². The SMILES string of the molecule is Cc1ccccc1-c1ccc(C(O)CN)cc1. The molecule has 0 aliphatic heterocycles. The summed E-state index contributed by atoms with van der Waals surface area (Å²) in [7, 11) is 0. The maximum Gasteiger partial charge on any atom is 0.0912 e. The van der Waals surface area contributed by atoms with Crippen LogP contribution in [0, 0.1) is 6.92 Å². The molecule has 3 N–H and O–H groups in total. The third-order valence-electron chi connectivity index (χ3n) is 2.97. The molecule has 2 nitrogen and oxygen atoms in total. The van der Waals surface area contributed by atoms with Crippen molar-refractivity contribution in [1.29, 1.82) is 0 Å². The molecular formula is C15H17NO. The lowest BCUT2D eigenvalue weighted by atomic mass is 9.98. The Morgan fingerprint density at radius 3 is 2.29 bits per heavy atom. The molecule has 0 heterocycles. The lowest BCUT2D eigenvalue weighted by molar-refractivity contribution is 0.187. The summed E-state index contributed by atoms with van der Waals surface area (Å²) in [4.78, 5) is 0. The fourth-order valence-electron chi connectivity index (χ4n) is 1.92. The number of benzene rings is 2. The zero-order valence-electron chi connectivity index (χ0n) is 9.93. The van der Waals surface area contributed by atoms with E-state index in [1.54, 1.807) is 0 Å². The molecule has 0 bridgehead atoms. The largest absolute Gasteiger partial charge is 0.387 e. The lowest BCUT2D eigenvalue weighted by Gasteiger charge is -2.10. The highest BCUT2D eigenvalue weighted by Crippen LogP contribution is 2.24. The van der Waals surface area contributed by atoms with Crippen LogP contribution in [-0.2, 0) is 0 Å². The van der Waals surface area contributed by atoms with E-state index < -0.39 is 6.10 Å². The van der Waals surface area contributed by atoms with Gasteiger partial charge >= 0.3 is 0 Å². The van der Waals surface area contributed by atoms with Gasteiger partial charge in [0.05, 0.1) is 6.10 Å². The van der Waals surface area contributed by atoms with Gasteiger partial charge in [0.25, 0.3) is 0 Å². The van der Waals surface area contributed by atoms with Crippen LogP contribution in [-0.4, -0.2) is 11.7 Å². The average molecular weight is 227 g/mol. The third kappa shape index (κ3) is 2.54. The zero-order chi connectivity index (χ0) is 12.3. The number of aliphatic hydroxyl groups excluding tert-OH is 1. The van der Waals surface area contributed by atoms with Gasteiger partial charge in [-0.1, -0.05) is 48.5 Å². The van der Waals surface area contributed by atoms with Crippen LogP contribution < -0.4 is 5.73 Å². The van der Waals surface area contributed by atoms with E-state index in [1.165, 1.54) is 11.1 Å². The number of nitrogens with two attached hydrogens (primary N) is 1. The fraction of sp³-hybridized carbons (Fsp3) is 0.200. The summed E-state index contributed by atoms with van der Waals surface area (Å²) in [5.41, 5.74) is 9.93. The smallest absolute Gasteiger partial charge is 0.0912 e. The first kappa shape index (κ1) is 11.8. The van der Waals surface area contributed by atoms with Crippen molar-refractivity contribution in [1.82, 2.24) is 0 Å². The van der Waals surface area contributed by atoms with E-state index in [1.807, 2.05) is 36.4 Å². The van der Waals surface area contributed by atoms with E-state index in [0.29, 0.717) is 0 Å². The highest BCUT2D eigenvalue weighted by Gasteiger charge is 2.05. The summed E-state index contributed by atoms with van der Waals surface area (Å²) in [5.74, 6) is 0. The van der Waals surface area contributed by atoms with Gasteiger partial charge in [-0.05, 0) is 29.2 Å². The molecule has 2 heteroatoms. The molecule has 2 aromatic rings. The normalized spacial score (nSPS) is 12.4. The Balaban J connectivity index is 2.33. The van der Waals surface area contributed by atoms with E-state index >= 15 is 0 Å². The highest BCUT2D eigenvalue weighted by atomic mass is 16.3. The zero-order valence-corrected chi connectivity index (χ0v) is 9.93. The van der Waals surface area contributed by atoms with Crippen molar-refractivity contribution in [3.05, 3.63) is 59.7 Å². The van der Waals surface area contributed by atoms with Crippen molar-refractivity contribution in [2.45, 2.75) is 13.0 Å². The van der Waals surface area contributed by atoms with E-state index in [4.69, 9.17) is 5.73 Å². The number of hydrogen-bond acceptors (Lipinski definition) is 2. The minimum absolute atomic E-state index is 0.254. The molecule has 17 heavy (non-hydrogen) atoms. The van der Waals surface area contributed by atoms with E-state index in [-0.39, 0.29) is 6.54 Å². The summed E-state index contributed by atoms with van der Waals surface area (Å²) in [6.07, 6.45) is -0.569. The summed E-state index contributed by atoms with van der Waals surface area (Å²) >= 11 is 0. The van der Waals surface area contributed by atoms with Crippen molar-refractivity contribution in [2.24, 2.45) is 5.73 Å². The Bertz CT molecular complexity index is 491. The minimum Gasteiger partial charge on any atom is -0.387 e. The van der Waals surface area contributed by atoms with Crippen LogP contribution in [0.3, 0.4) is 0 Å². The quantitative estimate of drug-likeness (QED) is 0.846. The van der Waals surface area contributed by atoms with Crippen LogP contribution in [0.5, 0.6) is 0 Å². The molecule has 0 amide bonds. The van der Waals surface area contributed by atoms with Crippen molar-refractivity contribution < 1.29 is 5.11 Å². The predicted molar refractivity (Wildman–Crippen MR) is 70.6 cm³/mol. The molecule has 2 aromatic carbocycles. The maximum atomic E-state index is 9.62. The molecule has 0 aromatic heterocycles. The van der Waals surface area contributed by atoms with Gasteiger partial charge in [0.15, 0.2) is 0 Å². The van der Waals surface area contributed by atoms with E-state index in [9.17, 15) is 5.11 Å². The molecule has 1 unspecified atom stereocenters. The molecule has 0 aliphatic rings. The Hall–Kier alpha value is -1.64. The number of rotatable bonds is 3. The Labute approximate surface area is 102 Å². The Morgan fingerprint density at radius 1 is 1.06 bits per heavy atom. The second-order valence-corrected chi connectivity index (χ2v) is 4.19.